The van der Waals surface area contributed by atoms with E-state index in [2.05, 4.69) is 17.4 Å². The molecule has 0 saturated heterocycles. The lowest BCUT2D eigenvalue weighted by molar-refractivity contribution is -0.120. The third-order valence-electron chi connectivity index (χ3n) is 4.19. The zero-order chi connectivity index (χ0) is 16.2. The number of carboxylic acid groups (broad SMARTS) is 1. The Bertz CT molecular complexity index is 752. The van der Waals surface area contributed by atoms with Crippen molar-refractivity contribution in [3.8, 4) is 0 Å². The zero-order valence-electron chi connectivity index (χ0n) is 12.8. The maximum atomic E-state index is 12.1. The van der Waals surface area contributed by atoms with Gasteiger partial charge in [-0.2, -0.15) is 0 Å². The Morgan fingerprint density at radius 2 is 1.83 bits per heavy atom. The Kier molecular flexibility index (Phi) is 4.42. The number of aryl methyl sites for hydroxylation is 2. The van der Waals surface area contributed by atoms with Crippen molar-refractivity contribution in [1.82, 2.24) is 5.32 Å². The van der Waals surface area contributed by atoms with Crippen molar-refractivity contribution < 1.29 is 14.7 Å². The monoisotopic (exact) mass is 309 g/mol. The summed E-state index contributed by atoms with van der Waals surface area (Å²) >= 11 is 0. The van der Waals surface area contributed by atoms with Crippen LogP contribution < -0.4 is 5.32 Å². The van der Waals surface area contributed by atoms with Crippen LogP contribution in [0, 0.1) is 0 Å². The van der Waals surface area contributed by atoms with Crippen molar-refractivity contribution in [1.29, 1.82) is 0 Å². The van der Waals surface area contributed by atoms with Gasteiger partial charge in [-0.15, -0.1) is 0 Å². The van der Waals surface area contributed by atoms with Crippen molar-refractivity contribution >= 4 is 11.9 Å². The third-order valence-corrected chi connectivity index (χ3v) is 4.19. The van der Waals surface area contributed by atoms with E-state index >= 15 is 0 Å². The summed E-state index contributed by atoms with van der Waals surface area (Å²) in [5.41, 5.74) is 4.81. The molecule has 0 bridgehead atoms. The molecule has 2 N–H and O–H groups in total. The topological polar surface area (TPSA) is 66.4 Å². The maximum Gasteiger partial charge on any atom is 0.335 e. The SMILES string of the molecule is O=C(Cc1ccc2c(c1)CCC2)NCc1cccc(C(=O)O)c1. The van der Waals surface area contributed by atoms with Crippen molar-refractivity contribution in [2.45, 2.75) is 32.2 Å². The second-order valence-corrected chi connectivity index (χ2v) is 5.92. The van der Waals surface area contributed by atoms with Crippen molar-refractivity contribution in [3.05, 3.63) is 70.3 Å². The summed E-state index contributed by atoms with van der Waals surface area (Å²) in [7, 11) is 0. The molecular weight excluding hydrogens is 290 g/mol. The highest BCUT2D eigenvalue weighted by atomic mass is 16.4. The minimum Gasteiger partial charge on any atom is -0.478 e. The fraction of sp³-hybridized carbons (Fsp3) is 0.263. The van der Waals surface area contributed by atoms with Crippen LogP contribution in [-0.2, 0) is 30.6 Å². The van der Waals surface area contributed by atoms with Crippen LogP contribution in [0.1, 0.15) is 39.0 Å². The van der Waals surface area contributed by atoms with E-state index in [1.54, 1.807) is 12.1 Å². The average Bonchev–Trinajstić information content (AvgIpc) is 3.01. The van der Waals surface area contributed by atoms with Crippen molar-refractivity contribution in [3.63, 3.8) is 0 Å². The lowest BCUT2D eigenvalue weighted by atomic mass is 10.0. The van der Waals surface area contributed by atoms with Crippen LogP contribution in [0.2, 0.25) is 0 Å². The summed E-state index contributed by atoms with van der Waals surface area (Å²) in [6.07, 6.45) is 3.80. The van der Waals surface area contributed by atoms with E-state index in [1.165, 1.54) is 23.6 Å². The second kappa shape index (κ2) is 6.65. The van der Waals surface area contributed by atoms with Gasteiger partial charge in [0.25, 0.3) is 0 Å². The molecule has 0 fully saturated rings. The van der Waals surface area contributed by atoms with Crippen LogP contribution in [0.15, 0.2) is 42.5 Å². The molecule has 0 radical (unpaired) electrons. The smallest absolute Gasteiger partial charge is 0.335 e. The van der Waals surface area contributed by atoms with Gasteiger partial charge in [-0.1, -0.05) is 30.3 Å². The molecule has 4 heteroatoms. The van der Waals surface area contributed by atoms with Crippen molar-refractivity contribution in [2.24, 2.45) is 0 Å². The third kappa shape index (κ3) is 3.77. The van der Waals surface area contributed by atoms with Gasteiger partial charge < -0.3 is 10.4 Å². The first-order valence-corrected chi connectivity index (χ1v) is 7.81. The van der Waals surface area contributed by atoms with Gasteiger partial charge >= 0.3 is 5.97 Å². The summed E-state index contributed by atoms with van der Waals surface area (Å²) in [5.74, 6) is -1.01. The van der Waals surface area contributed by atoms with Gasteiger partial charge in [-0.25, -0.2) is 4.79 Å². The van der Waals surface area contributed by atoms with Gasteiger partial charge in [0.1, 0.15) is 0 Å². The number of carbonyl (C=O) groups excluding carboxylic acids is 1. The molecule has 0 aliphatic heterocycles. The Balaban J connectivity index is 1.57. The highest BCUT2D eigenvalue weighted by molar-refractivity contribution is 5.87. The fourth-order valence-corrected chi connectivity index (χ4v) is 3.00. The fourth-order valence-electron chi connectivity index (χ4n) is 3.00. The molecule has 23 heavy (non-hydrogen) atoms. The van der Waals surface area contributed by atoms with Gasteiger partial charge in [-0.3, -0.25) is 4.79 Å². The summed E-state index contributed by atoms with van der Waals surface area (Å²) in [6, 6.07) is 12.9. The molecule has 3 rings (SSSR count). The second-order valence-electron chi connectivity index (χ2n) is 5.92. The van der Waals surface area contributed by atoms with Gasteiger partial charge in [0, 0.05) is 6.54 Å². The Hall–Kier alpha value is -2.62. The van der Waals surface area contributed by atoms with Gasteiger partial charge in [-0.05, 0) is 53.6 Å². The molecular formula is C19H19NO3. The Labute approximate surface area is 135 Å². The minimum atomic E-state index is -0.962. The molecule has 0 saturated carbocycles. The molecule has 1 aliphatic rings. The maximum absolute atomic E-state index is 12.1. The first kappa shape index (κ1) is 15.3. The van der Waals surface area contributed by atoms with E-state index in [0.717, 1.165) is 24.0 Å². The molecule has 2 aromatic rings. The number of carbonyl (C=O) groups is 2. The van der Waals surface area contributed by atoms with E-state index in [4.69, 9.17) is 5.11 Å². The molecule has 1 amide bonds. The Morgan fingerprint density at radius 1 is 1.00 bits per heavy atom. The predicted molar refractivity (Wildman–Crippen MR) is 87.4 cm³/mol. The predicted octanol–water partition coefficient (Wildman–Crippen LogP) is 2.73. The molecule has 0 heterocycles. The molecule has 0 spiro atoms. The quantitative estimate of drug-likeness (QED) is 0.892. The van der Waals surface area contributed by atoms with Crippen LogP contribution in [0.4, 0.5) is 0 Å². The first-order valence-electron chi connectivity index (χ1n) is 7.81. The van der Waals surface area contributed by atoms with Crippen molar-refractivity contribution in [2.75, 3.05) is 0 Å². The van der Waals surface area contributed by atoms with E-state index in [9.17, 15) is 9.59 Å². The van der Waals surface area contributed by atoms with E-state index < -0.39 is 5.97 Å². The van der Waals surface area contributed by atoms with Crippen LogP contribution in [-0.4, -0.2) is 17.0 Å². The lowest BCUT2D eigenvalue weighted by Gasteiger charge is -2.08. The van der Waals surface area contributed by atoms with Crippen LogP contribution in [0.5, 0.6) is 0 Å². The number of amides is 1. The number of fused-ring (bicyclic) bond motifs is 1. The number of nitrogens with one attached hydrogen (secondary N) is 1. The largest absolute Gasteiger partial charge is 0.478 e. The van der Waals surface area contributed by atoms with Crippen LogP contribution in [0.25, 0.3) is 0 Å². The van der Waals surface area contributed by atoms with Crippen LogP contribution in [0.3, 0.4) is 0 Å². The summed E-state index contributed by atoms with van der Waals surface area (Å²) < 4.78 is 0. The first-order chi connectivity index (χ1) is 11.1. The number of benzene rings is 2. The molecule has 0 unspecified atom stereocenters. The molecule has 4 nitrogen and oxygen atoms in total. The van der Waals surface area contributed by atoms with E-state index in [1.807, 2.05) is 12.1 Å². The number of hydrogen-bond donors (Lipinski definition) is 2. The lowest BCUT2D eigenvalue weighted by Crippen LogP contribution is -2.24. The van der Waals surface area contributed by atoms with Gasteiger partial charge in [0.2, 0.25) is 5.91 Å². The summed E-state index contributed by atoms with van der Waals surface area (Å²) in [6.45, 7) is 0.338. The van der Waals surface area contributed by atoms with Gasteiger partial charge in [0.05, 0.1) is 12.0 Å². The van der Waals surface area contributed by atoms with E-state index in [0.29, 0.717) is 13.0 Å². The molecule has 118 valence electrons. The standard InChI is InChI=1S/C19H19NO3/c21-18(11-13-7-8-15-4-2-5-16(15)9-13)20-12-14-3-1-6-17(10-14)19(22)23/h1,3,6-10H,2,4-5,11-12H2,(H,20,21)(H,22,23). The van der Waals surface area contributed by atoms with Gasteiger partial charge in [0.15, 0.2) is 0 Å². The summed E-state index contributed by atoms with van der Waals surface area (Å²) in [4.78, 5) is 23.0. The number of aromatic carboxylic acids is 1. The normalized spacial score (nSPS) is 12.7. The molecule has 2 aromatic carbocycles. The zero-order valence-corrected chi connectivity index (χ0v) is 12.8. The van der Waals surface area contributed by atoms with E-state index in [-0.39, 0.29) is 11.5 Å². The molecule has 0 atom stereocenters. The number of rotatable bonds is 5. The minimum absolute atomic E-state index is 0.0522. The highest BCUT2D eigenvalue weighted by Crippen LogP contribution is 2.22. The highest BCUT2D eigenvalue weighted by Gasteiger charge is 2.12. The average molecular weight is 309 g/mol. The van der Waals surface area contributed by atoms with Crippen LogP contribution >= 0.6 is 0 Å². The number of hydrogen-bond acceptors (Lipinski definition) is 2. The molecule has 0 aromatic heterocycles. The molecule has 1 aliphatic carbocycles. The Morgan fingerprint density at radius 3 is 2.65 bits per heavy atom. The number of carboxylic acids is 1. The summed E-state index contributed by atoms with van der Waals surface area (Å²) in [5, 5.41) is 11.8.